The third-order valence-electron chi connectivity index (χ3n) is 1.35. The minimum Gasteiger partial charge on any atom is -0.252 e. The SMILES string of the molecule is Cc1c(C(F)F)nnn1C. The quantitative estimate of drug-likeness (QED) is 0.594. The average molecular weight is 147 g/mol. The van der Waals surface area contributed by atoms with E-state index in [0.29, 0.717) is 5.69 Å². The zero-order valence-electron chi connectivity index (χ0n) is 5.67. The molecule has 0 aromatic carbocycles. The summed E-state index contributed by atoms with van der Waals surface area (Å²) < 4.78 is 25.2. The second-order valence-corrected chi connectivity index (χ2v) is 1.98. The monoisotopic (exact) mass is 147 g/mol. The number of nitrogens with zero attached hydrogens (tertiary/aromatic N) is 3. The molecule has 0 aliphatic rings. The first-order valence-corrected chi connectivity index (χ1v) is 2.77. The Bertz CT molecular complexity index is 231. The van der Waals surface area contributed by atoms with Crippen molar-refractivity contribution in [1.82, 2.24) is 15.0 Å². The van der Waals surface area contributed by atoms with Crippen LogP contribution in [-0.4, -0.2) is 15.0 Å². The minimum atomic E-state index is -2.52. The fourth-order valence-electron chi connectivity index (χ4n) is 0.622. The molecule has 0 saturated carbocycles. The van der Waals surface area contributed by atoms with E-state index in [1.54, 1.807) is 14.0 Å². The smallest absolute Gasteiger partial charge is 0.252 e. The van der Waals surface area contributed by atoms with Gasteiger partial charge in [-0.2, -0.15) is 0 Å². The van der Waals surface area contributed by atoms with Crippen molar-refractivity contribution in [2.75, 3.05) is 0 Å². The zero-order chi connectivity index (χ0) is 7.72. The highest BCUT2D eigenvalue weighted by atomic mass is 19.3. The Kier molecular flexibility index (Phi) is 1.65. The first kappa shape index (κ1) is 7.11. The molecule has 1 aromatic rings. The number of rotatable bonds is 1. The van der Waals surface area contributed by atoms with Crippen molar-refractivity contribution in [2.45, 2.75) is 13.3 Å². The summed E-state index contributed by atoms with van der Waals surface area (Å²) in [6.45, 7) is 1.56. The van der Waals surface area contributed by atoms with Gasteiger partial charge in [0.05, 0.1) is 5.69 Å². The molecule has 0 bridgehead atoms. The highest BCUT2D eigenvalue weighted by Gasteiger charge is 2.15. The Morgan fingerprint density at radius 2 is 2.10 bits per heavy atom. The average Bonchev–Trinajstić information content (AvgIpc) is 2.14. The first-order chi connectivity index (χ1) is 4.63. The highest BCUT2D eigenvalue weighted by molar-refractivity contribution is 5.08. The van der Waals surface area contributed by atoms with Crippen LogP contribution in [0.5, 0.6) is 0 Å². The van der Waals surface area contributed by atoms with Gasteiger partial charge in [-0.3, -0.25) is 4.68 Å². The van der Waals surface area contributed by atoms with Gasteiger partial charge in [0.25, 0.3) is 6.43 Å². The number of hydrogen-bond donors (Lipinski definition) is 0. The lowest BCUT2D eigenvalue weighted by atomic mass is 10.3. The Balaban J connectivity index is 3.05. The molecule has 1 heterocycles. The van der Waals surface area contributed by atoms with Crippen molar-refractivity contribution in [2.24, 2.45) is 7.05 Å². The number of hydrogen-bond acceptors (Lipinski definition) is 2. The van der Waals surface area contributed by atoms with Crippen LogP contribution in [-0.2, 0) is 7.05 Å². The van der Waals surface area contributed by atoms with Gasteiger partial charge in [0, 0.05) is 7.05 Å². The molecule has 0 amide bonds. The van der Waals surface area contributed by atoms with Crippen LogP contribution >= 0.6 is 0 Å². The van der Waals surface area contributed by atoms with Gasteiger partial charge in [0.2, 0.25) is 0 Å². The van der Waals surface area contributed by atoms with E-state index in [4.69, 9.17) is 0 Å². The van der Waals surface area contributed by atoms with Crippen molar-refractivity contribution in [3.63, 3.8) is 0 Å². The van der Waals surface area contributed by atoms with Crippen LogP contribution < -0.4 is 0 Å². The lowest BCUT2D eigenvalue weighted by Gasteiger charge is -1.93. The molecule has 0 fully saturated rings. The van der Waals surface area contributed by atoms with Crippen LogP contribution in [0.3, 0.4) is 0 Å². The van der Waals surface area contributed by atoms with Crippen molar-refractivity contribution in [1.29, 1.82) is 0 Å². The van der Waals surface area contributed by atoms with Gasteiger partial charge in [-0.05, 0) is 6.92 Å². The summed E-state index contributed by atoms with van der Waals surface area (Å²) in [5, 5.41) is 6.70. The number of aryl methyl sites for hydroxylation is 1. The van der Waals surface area contributed by atoms with Crippen LogP contribution in [0.15, 0.2) is 0 Å². The van der Waals surface area contributed by atoms with Crippen LogP contribution in [0.25, 0.3) is 0 Å². The van der Waals surface area contributed by atoms with Gasteiger partial charge in [-0.1, -0.05) is 5.21 Å². The second kappa shape index (κ2) is 2.32. The fourth-order valence-corrected chi connectivity index (χ4v) is 0.622. The topological polar surface area (TPSA) is 30.7 Å². The molecule has 1 rings (SSSR count). The molecule has 0 aliphatic heterocycles. The molecule has 0 spiro atoms. The molecule has 56 valence electrons. The molecule has 3 nitrogen and oxygen atoms in total. The highest BCUT2D eigenvalue weighted by Crippen LogP contribution is 2.18. The summed E-state index contributed by atoms with van der Waals surface area (Å²) in [6, 6.07) is 0. The predicted octanol–water partition coefficient (Wildman–Crippen LogP) is 1.06. The summed E-state index contributed by atoms with van der Waals surface area (Å²) in [7, 11) is 1.58. The van der Waals surface area contributed by atoms with E-state index in [9.17, 15) is 8.78 Å². The number of aromatic nitrogens is 3. The largest absolute Gasteiger partial charge is 0.284 e. The fraction of sp³-hybridized carbons (Fsp3) is 0.600. The number of alkyl halides is 2. The van der Waals surface area contributed by atoms with E-state index in [2.05, 4.69) is 10.3 Å². The zero-order valence-corrected chi connectivity index (χ0v) is 5.67. The van der Waals surface area contributed by atoms with Crippen LogP contribution in [0.4, 0.5) is 8.78 Å². The Hall–Kier alpha value is -1.00. The maximum absolute atomic E-state index is 11.9. The molecule has 0 saturated heterocycles. The minimum absolute atomic E-state index is 0.234. The summed E-state index contributed by atoms with van der Waals surface area (Å²) in [5.74, 6) is 0. The van der Waals surface area contributed by atoms with Crippen molar-refractivity contribution >= 4 is 0 Å². The maximum Gasteiger partial charge on any atom is 0.284 e. The lowest BCUT2D eigenvalue weighted by molar-refractivity contribution is 0.145. The van der Waals surface area contributed by atoms with E-state index in [1.165, 1.54) is 4.68 Å². The number of halogens is 2. The second-order valence-electron chi connectivity index (χ2n) is 1.98. The van der Waals surface area contributed by atoms with Crippen LogP contribution in [0, 0.1) is 6.92 Å². The van der Waals surface area contributed by atoms with E-state index >= 15 is 0 Å². The van der Waals surface area contributed by atoms with Gasteiger partial charge >= 0.3 is 0 Å². The Labute approximate surface area is 56.7 Å². The van der Waals surface area contributed by atoms with Crippen molar-refractivity contribution in [3.05, 3.63) is 11.4 Å². The van der Waals surface area contributed by atoms with Gasteiger partial charge < -0.3 is 0 Å². The molecular formula is C5H7F2N3. The van der Waals surface area contributed by atoms with Crippen LogP contribution in [0.2, 0.25) is 0 Å². The Morgan fingerprint density at radius 3 is 2.30 bits per heavy atom. The van der Waals surface area contributed by atoms with Crippen molar-refractivity contribution in [3.8, 4) is 0 Å². The van der Waals surface area contributed by atoms with Gasteiger partial charge in [-0.25, -0.2) is 8.78 Å². The molecule has 0 unspecified atom stereocenters. The molecule has 5 heteroatoms. The molecule has 1 aromatic heterocycles. The molecular weight excluding hydrogens is 140 g/mol. The van der Waals surface area contributed by atoms with Gasteiger partial charge in [0.1, 0.15) is 0 Å². The first-order valence-electron chi connectivity index (χ1n) is 2.77. The van der Waals surface area contributed by atoms with Crippen molar-refractivity contribution < 1.29 is 8.78 Å². The summed E-state index contributed by atoms with van der Waals surface area (Å²) >= 11 is 0. The normalized spacial score (nSPS) is 10.9. The maximum atomic E-state index is 11.9. The lowest BCUT2D eigenvalue weighted by Crippen LogP contribution is -1.94. The summed E-state index contributed by atoms with van der Waals surface area (Å²) in [5.41, 5.74) is 0.178. The van der Waals surface area contributed by atoms with E-state index in [1.807, 2.05) is 0 Å². The van der Waals surface area contributed by atoms with Crippen LogP contribution in [0.1, 0.15) is 17.8 Å². The molecule has 0 N–H and O–H groups in total. The Morgan fingerprint density at radius 1 is 1.50 bits per heavy atom. The van der Waals surface area contributed by atoms with Gasteiger partial charge in [0.15, 0.2) is 5.69 Å². The van der Waals surface area contributed by atoms with E-state index in [-0.39, 0.29) is 5.69 Å². The van der Waals surface area contributed by atoms with Gasteiger partial charge in [-0.15, -0.1) is 5.10 Å². The third-order valence-corrected chi connectivity index (χ3v) is 1.35. The van der Waals surface area contributed by atoms with E-state index in [0.717, 1.165) is 0 Å². The summed E-state index contributed by atoms with van der Waals surface area (Å²) in [6.07, 6.45) is -2.52. The predicted molar refractivity (Wildman–Crippen MR) is 30.7 cm³/mol. The molecule has 10 heavy (non-hydrogen) atoms. The third kappa shape index (κ3) is 0.984. The molecule has 0 atom stereocenters. The molecule has 0 aliphatic carbocycles. The standard InChI is InChI=1S/C5H7F2N3/c1-3-4(5(6)7)8-9-10(3)2/h5H,1-2H3. The molecule has 0 radical (unpaired) electrons. The summed E-state index contributed by atoms with van der Waals surface area (Å²) in [4.78, 5) is 0. The van der Waals surface area contributed by atoms with E-state index < -0.39 is 6.43 Å².